The standard InChI is InChI=1S/C15H22N4O/c1-3-11-20-13-6-4-5-12(15(13)16)17-8-7-14-18-9-10-19(14)2/h4-6,9-10,17H,3,7-8,11,16H2,1-2H3. The van der Waals surface area contributed by atoms with Crippen molar-refractivity contribution in [3.63, 3.8) is 0 Å². The largest absolute Gasteiger partial charge is 0.491 e. The minimum atomic E-state index is 0.667. The molecule has 5 heteroatoms. The van der Waals surface area contributed by atoms with Gasteiger partial charge in [0.2, 0.25) is 0 Å². The Kier molecular flexibility index (Phi) is 4.87. The first-order chi connectivity index (χ1) is 9.72. The third-order valence-electron chi connectivity index (χ3n) is 3.11. The number of nitrogens with one attached hydrogen (secondary N) is 1. The first-order valence-corrected chi connectivity index (χ1v) is 6.93. The van der Waals surface area contributed by atoms with Crippen molar-refractivity contribution in [2.75, 3.05) is 24.2 Å². The maximum Gasteiger partial charge on any atom is 0.144 e. The van der Waals surface area contributed by atoms with Crippen LogP contribution in [0.4, 0.5) is 11.4 Å². The molecular formula is C15H22N4O. The van der Waals surface area contributed by atoms with Crippen molar-refractivity contribution >= 4 is 11.4 Å². The van der Waals surface area contributed by atoms with Crippen molar-refractivity contribution in [2.24, 2.45) is 7.05 Å². The second-order valence-electron chi connectivity index (χ2n) is 4.70. The lowest BCUT2D eigenvalue weighted by molar-refractivity contribution is 0.319. The zero-order valence-electron chi connectivity index (χ0n) is 12.1. The van der Waals surface area contributed by atoms with Crippen LogP contribution < -0.4 is 15.8 Å². The molecule has 0 aliphatic rings. The number of aromatic nitrogens is 2. The maximum atomic E-state index is 6.11. The average molecular weight is 274 g/mol. The molecule has 0 aliphatic carbocycles. The molecule has 0 amide bonds. The molecule has 1 aromatic heterocycles. The van der Waals surface area contributed by atoms with Gasteiger partial charge in [0.1, 0.15) is 11.6 Å². The van der Waals surface area contributed by atoms with Crippen LogP contribution in [-0.2, 0) is 13.5 Å². The number of hydrogen-bond acceptors (Lipinski definition) is 4. The van der Waals surface area contributed by atoms with Gasteiger partial charge in [-0.2, -0.15) is 0 Å². The van der Waals surface area contributed by atoms with E-state index < -0.39 is 0 Å². The molecule has 2 rings (SSSR count). The fraction of sp³-hybridized carbons (Fsp3) is 0.400. The highest BCUT2D eigenvalue weighted by atomic mass is 16.5. The van der Waals surface area contributed by atoms with Gasteiger partial charge < -0.3 is 20.4 Å². The highest BCUT2D eigenvalue weighted by Gasteiger charge is 2.06. The quantitative estimate of drug-likeness (QED) is 0.761. The molecular weight excluding hydrogens is 252 g/mol. The Morgan fingerprint density at radius 2 is 2.25 bits per heavy atom. The first-order valence-electron chi connectivity index (χ1n) is 6.93. The summed E-state index contributed by atoms with van der Waals surface area (Å²) in [4.78, 5) is 4.29. The molecule has 0 saturated heterocycles. The van der Waals surface area contributed by atoms with Crippen LogP contribution in [0.2, 0.25) is 0 Å². The van der Waals surface area contributed by atoms with E-state index in [9.17, 15) is 0 Å². The predicted octanol–water partition coefficient (Wildman–Crippen LogP) is 2.45. The van der Waals surface area contributed by atoms with E-state index in [1.54, 1.807) is 0 Å². The lowest BCUT2D eigenvalue weighted by Crippen LogP contribution is -2.10. The molecule has 0 bridgehead atoms. The summed E-state index contributed by atoms with van der Waals surface area (Å²) in [5.74, 6) is 1.79. The molecule has 1 heterocycles. The molecule has 20 heavy (non-hydrogen) atoms. The van der Waals surface area contributed by atoms with Crippen LogP contribution in [0.3, 0.4) is 0 Å². The van der Waals surface area contributed by atoms with Gasteiger partial charge >= 0.3 is 0 Å². The number of imidazole rings is 1. The number of rotatable bonds is 7. The Bertz CT molecular complexity index is 551. The molecule has 0 atom stereocenters. The van der Waals surface area contributed by atoms with Crippen molar-refractivity contribution in [3.8, 4) is 5.75 Å². The number of nitrogen functional groups attached to an aromatic ring is 1. The summed E-state index contributed by atoms with van der Waals surface area (Å²) in [5.41, 5.74) is 7.68. The van der Waals surface area contributed by atoms with Crippen LogP contribution in [0.15, 0.2) is 30.6 Å². The van der Waals surface area contributed by atoms with Crippen LogP contribution in [0, 0.1) is 0 Å². The second-order valence-corrected chi connectivity index (χ2v) is 4.70. The third-order valence-corrected chi connectivity index (χ3v) is 3.11. The van der Waals surface area contributed by atoms with E-state index in [0.717, 1.165) is 36.6 Å². The van der Waals surface area contributed by atoms with Crippen molar-refractivity contribution < 1.29 is 4.74 Å². The fourth-order valence-corrected chi connectivity index (χ4v) is 1.98. The minimum Gasteiger partial charge on any atom is -0.491 e. The Morgan fingerprint density at radius 3 is 2.95 bits per heavy atom. The minimum absolute atomic E-state index is 0.667. The van der Waals surface area contributed by atoms with E-state index in [1.165, 1.54) is 0 Å². The van der Waals surface area contributed by atoms with Crippen molar-refractivity contribution in [3.05, 3.63) is 36.4 Å². The summed E-state index contributed by atoms with van der Waals surface area (Å²) in [5, 5.41) is 3.34. The van der Waals surface area contributed by atoms with E-state index in [1.807, 2.05) is 42.2 Å². The second kappa shape index (κ2) is 6.84. The normalized spacial score (nSPS) is 10.5. The lowest BCUT2D eigenvalue weighted by atomic mass is 10.2. The van der Waals surface area contributed by atoms with Gasteiger partial charge in [-0.3, -0.25) is 0 Å². The Balaban J connectivity index is 1.94. The maximum absolute atomic E-state index is 6.11. The number of hydrogen-bond donors (Lipinski definition) is 2. The van der Waals surface area contributed by atoms with Crippen molar-refractivity contribution in [1.29, 1.82) is 0 Å². The highest BCUT2D eigenvalue weighted by molar-refractivity contribution is 5.72. The number of ether oxygens (including phenoxy) is 1. The smallest absolute Gasteiger partial charge is 0.144 e. The summed E-state index contributed by atoms with van der Waals surface area (Å²) in [6.07, 6.45) is 5.57. The number of aryl methyl sites for hydroxylation is 1. The lowest BCUT2D eigenvalue weighted by Gasteiger charge is -2.13. The van der Waals surface area contributed by atoms with E-state index in [-0.39, 0.29) is 0 Å². The van der Waals surface area contributed by atoms with Gasteiger partial charge in [0.05, 0.1) is 18.0 Å². The monoisotopic (exact) mass is 274 g/mol. The van der Waals surface area contributed by atoms with Gasteiger partial charge in [-0.1, -0.05) is 13.0 Å². The molecule has 5 nitrogen and oxygen atoms in total. The van der Waals surface area contributed by atoms with Gasteiger partial charge in [0.15, 0.2) is 0 Å². The molecule has 0 aliphatic heterocycles. The molecule has 0 fully saturated rings. The van der Waals surface area contributed by atoms with E-state index >= 15 is 0 Å². The summed E-state index contributed by atoms with van der Waals surface area (Å²) in [6.45, 7) is 3.54. The van der Waals surface area contributed by atoms with E-state index in [4.69, 9.17) is 10.5 Å². The summed E-state index contributed by atoms with van der Waals surface area (Å²) in [7, 11) is 2.00. The van der Waals surface area contributed by atoms with Gasteiger partial charge in [0.25, 0.3) is 0 Å². The van der Waals surface area contributed by atoms with E-state index in [2.05, 4.69) is 17.2 Å². The molecule has 1 aromatic carbocycles. The van der Waals surface area contributed by atoms with Crippen LogP contribution in [0.5, 0.6) is 5.75 Å². The third kappa shape index (κ3) is 3.44. The fourth-order valence-electron chi connectivity index (χ4n) is 1.98. The van der Waals surface area contributed by atoms with E-state index in [0.29, 0.717) is 12.3 Å². The SMILES string of the molecule is CCCOc1cccc(NCCc2nccn2C)c1N. The predicted molar refractivity (Wildman–Crippen MR) is 82.0 cm³/mol. The highest BCUT2D eigenvalue weighted by Crippen LogP contribution is 2.29. The van der Waals surface area contributed by atoms with Gasteiger partial charge in [0, 0.05) is 32.4 Å². The molecule has 108 valence electrons. The number of benzene rings is 1. The van der Waals surface area contributed by atoms with Gasteiger partial charge in [-0.05, 0) is 18.6 Å². The van der Waals surface area contributed by atoms with Gasteiger partial charge in [-0.25, -0.2) is 4.98 Å². The van der Waals surface area contributed by atoms with Crippen LogP contribution in [-0.4, -0.2) is 22.7 Å². The Hall–Kier alpha value is -2.17. The van der Waals surface area contributed by atoms with Crippen molar-refractivity contribution in [2.45, 2.75) is 19.8 Å². The number of anilines is 2. The van der Waals surface area contributed by atoms with Crippen LogP contribution >= 0.6 is 0 Å². The van der Waals surface area contributed by atoms with Crippen LogP contribution in [0.25, 0.3) is 0 Å². The molecule has 0 unspecified atom stereocenters. The first kappa shape index (κ1) is 14.2. The Morgan fingerprint density at radius 1 is 1.40 bits per heavy atom. The zero-order chi connectivity index (χ0) is 14.4. The molecule has 0 radical (unpaired) electrons. The topological polar surface area (TPSA) is 65.1 Å². The summed E-state index contributed by atoms with van der Waals surface area (Å²) < 4.78 is 7.64. The molecule has 0 saturated carbocycles. The molecule has 0 spiro atoms. The summed E-state index contributed by atoms with van der Waals surface area (Å²) in [6, 6.07) is 5.81. The molecule has 3 N–H and O–H groups in total. The Labute approximate surface area is 119 Å². The van der Waals surface area contributed by atoms with Gasteiger partial charge in [-0.15, -0.1) is 0 Å². The number of nitrogens with zero attached hydrogens (tertiary/aromatic N) is 2. The van der Waals surface area contributed by atoms with Crippen LogP contribution in [0.1, 0.15) is 19.2 Å². The van der Waals surface area contributed by atoms with Crippen molar-refractivity contribution in [1.82, 2.24) is 9.55 Å². The summed E-state index contributed by atoms with van der Waals surface area (Å²) >= 11 is 0. The molecule has 2 aromatic rings. The number of nitrogens with two attached hydrogens (primary N) is 1. The zero-order valence-corrected chi connectivity index (χ0v) is 12.1. The number of para-hydroxylation sites is 1. The average Bonchev–Trinajstić information content (AvgIpc) is 2.85.